The monoisotopic (exact) mass is 189 g/mol. The van der Waals surface area contributed by atoms with Gasteiger partial charge in [-0.25, -0.2) is 0 Å². The molecule has 2 rings (SSSR count). The molecule has 0 spiro atoms. The first-order valence-corrected chi connectivity index (χ1v) is 4.20. The lowest BCUT2D eigenvalue weighted by Crippen LogP contribution is -2.07. The fourth-order valence-corrected chi connectivity index (χ4v) is 1.45. The summed E-state index contributed by atoms with van der Waals surface area (Å²) in [5, 5.41) is 20.4. The topological polar surface area (TPSA) is 59.4 Å². The molecule has 1 aromatic heterocycles. The number of rotatable bonds is 1. The van der Waals surface area contributed by atoms with E-state index in [0.717, 1.165) is 10.9 Å². The van der Waals surface area contributed by atoms with Crippen molar-refractivity contribution >= 4 is 16.6 Å². The minimum Gasteiger partial charge on any atom is -0.733 e. The van der Waals surface area contributed by atoms with Gasteiger partial charge in [-0.3, -0.25) is 10.2 Å². The van der Waals surface area contributed by atoms with Crippen LogP contribution in [0.2, 0.25) is 0 Å². The van der Waals surface area contributed by atoms with Crippen LogP contribution in [0.15, 0.2) is 30.5 Å². The lowest BCUT2D eigenvalue weighted by atomic mass is 10.1. The molecule has 0 aliphatic carbocycles. The van der Waals surface area contributed by atoms with Crippen LogP contribution in [-0.2, 0) is 0 Å². The van der Waals surface area contributed by atoms with Gasteiger partial charge < -0.3 is 10.4 Å². The number of aryl methyl sites for hydroxylation is 1. The summed E-state index contributed by atoms with van der Waals surface area (Å²) in [5.41, 5.74) is 1.72. The van der Waals surface area contributed by atoms with E-state index in [0.29, 0.717) is 5.52 Å². The first-order chi connectivity index (χ1) is 6.70. The Morgan fingerprint density at radius 2 is 2.14 bits per heavy atom. The molecular weight excluding hydrogens is 180 g/mol. The third-order valence-corrected chi connectivity index (χ3v) is 2.17. The molecular formula is C10H9N2O2-. The Bertz CT molecular complexity index is 469. The highest BCUT2D eigenvalue weighted by atomic mass is 16.8. The number of nitrogens with zero attached hydrogens (tertiary/aromatic N) is 2. The molecule has 0 aliphatic rings. The summed E-state index contributed by atoms with van der Waals surface area (Å²) in [6.45, 7) is 1.93. The first-order valence-electron chi connectivity index (χ1n) is 4.20. The second-order valence-corrected chi connectivity index (χ2v) is 3.07. The maximum absolute atomic E-state index is 10.8. The lowest BCUT2D eigenvalue weighted by Gasteiger charge is -2.22. The van der Waals surface area contributed by atoms with E-state index in [1.165, 1.54) is 6.07 Å². The molecule has 0 amide bonds. The quantitative estimate of drug-likeness (QED) is 0.699. The van der Waals surface area contributed by atoms with E-state index in [1.54, 1.807) is 12.3 Å². The van der Waals surface area contributed by atoms with Crippen molar-refractivity contribution in [3.8, 4) is 0 Å². The Morgan fingerprint density at radius 1 is 1.36 bits per heavy atom. The Labute approximate surface area is 81.0 Å². The molecule has 4 nitrogen and oxygen atoms in total. The summed E-state index contributed by atoms with van der Waals surface area (Å²) in [4.78, 5) is 4.06. The molecule has 0 radical (unpaired) electrons. The van der Waals surface area contributed by atoms with E-state index in [2.05, 4.69) is 4.98 Å². The van der Waals surface area contributed by atoms with Crippen LogP contribution in [0.4, 0.5) is 5.69 Å². The molecule has 0 aliphatic heterocycles. The normalized spacial score (nSPS) is 10.5. The molecule has 2 aromatic rings. The van der Waals surface area contributed by atoms with Gasteiger partial charge in [0, 0.05) is 11.6 Å². The van der Waals surface area contributed by atoms with Crippen LogP contribution in [0.25, 0.3) is 10.9 Å². The van der Waals surface area contributed by atoms with Crippen molar-refractivity contribution in [3.05, 3.63) is 41.2 Å². The van der Waals surface area contributed by atoms with E-state index in [4.69, 9.17) is 5.21 Å². The Kier molecular flexibility index (Phi) is 2.07. The number of fused-ring (bicyclic) bond motifs is 1. The average molecular weight is 189 g/mol. The van der Waals surface area contributed by atoms with Crippen LogP contribution < -0.4 is 5.23 Å². The Hall–Kier alpha value is -1.65. The second kappa shape index (κ2) is 3.25. The van der Waals surface area contributed by atoms with Crippen LogP contribution in [0.1, 0.15) is 5.56 Å². The van der Waals surface area contributed by atoms with Crippen LogP contribution >= 0.6 is 0 Å². The van der Waals surface area contributed by atoms with Crippen LogP contribution in [0, 0.1) is 12.1 Å². The maximum atomic E-state index is 10.8. The summed E-state index contributed by atoms with van der Waals surface area (Å²) >= 11 is 0. The van der Waals surface area contributed by atoms with Crippen molar-refractivity contribution < 1.29 is 5.21 Å². The van der Waals surface area contributed by atoms with Gasteiger partial charge in [-0.05, 0) is 24.6 Å². The molecule has 72 valence electrons. The van der Waals surface area contributed by atoms with Gasteiger partial charge in [0.05, 0.1) is 11.2 Å². The highest BCUT2D eigenvalue weighted by molar-refractivity contribution is 5.92. The average Bonchev–Trinajstić information content (AvgIpc) is 2.17. The first kappa shape index (κ1) is 8.93. The molecule has 14 heavy (non-hydrogen) atoms. The Morgan fingerprint density at radius 3 is 2.86 bits per heavy atom. The van der Waals surface area contributed by atoms with Gasteiger partial charge in [-0.15, -0.1) is 0 Å². The zero-order valence-corrected chi connectivity index (χ0v) is 7.64. The number of aromatic nitrogens is 1. The summed E-state index contributed by atoms with van der Waals surface area (Å²) in [5.74, 6) is 0. The third kappa shape index (κ3) is 1.30. The summed E-state index contributed by atoms with van der Waals surface area (Å²) < 4.78 is 0. The predicted octanol–water partition coefficient (Wildman–Crippen LogP) is 2.24. The van der Waals surface area contributed by atoms with E-state index < -0.39 is 0 Å². The van der Waals surface area contributed by atoms with Gasteiger partial charge in [0.25, 0.3) is 0 Å². The minimum atomic E-state index is -0.158. The predicted molar refractivity (Wildman–Crippen MR) is 54.1 cm³/mol. The lowest BCUT2D eigenvalue weighted by molar-refractivity contribution is 0.297. The highest BCUT2D eigenvalue weighted by Gasteiger charge is 2.03. The van der Waals surface area contributed by atoms with Gasteiger partial charge in [0.2, 0.25) is 0 Å². The number of anilines is 1. The van der Waals surface area contributed by atoms with Gasteiger partial charge in [-0.2, -0.15) is 0 Å². The SMILES string of the molecule is Cc1ccnc2c(N([O-])O)cccc12. The Balaban J connectivity index is 2.81. The van der Waals surface area contributed by atoms with Crippen LogP contribution in [0.3, 0.4) is 0 Å². The maximum Gasteiger partial charge on any atom is 0.0951 e. The number of para-hydroxylation sites is 1. The molecule has 0 saturated heterocycles. The van der Waals surface area contributed by atoms with Crippen molar-refractivity contribution in [2.24, 2.45) is 0 Å². The second-order valence-electron chi connectivity index (χ2n) is 3.07. The summed E-state index contributed by atoms with van der Waals surface area (Å²) in [6, 6.07) is 6.97. The number of benzene rings is 1. The smallest absolute Gasteiger partial charge is 0.0951 e. The van der Waals surface area contributed by atoms with E-state index in [9.17, 15) is 5.21 Å². The minimum absolute atomic E-state index is 0.158. The van der Waals surface area contributed by atoms with Gasteiger partial charge in [-0.1, -0.05) is 12.1 Å². The van der Waals surface area contributed by atoms with Gasteiger partial charge in [0.1, 0.15) is 0 Å². The van der Waals surface area contributed by atoms with Gasteiger partial charge >= 0.3 is 0 Å². The van der Waals surface area contributed by atoms with E-state index in [1.807, 2.05) is 19.1 Å². The van der Waals surface area contributed by atoms with Gasteiger partial charge in [0.15, 0.2) is 0 Å². The van der Waals surface area contributed by atoms with E-state index in [-0.39, 0.29) is 10.9 Å². The van der Waals surface area contributed by atoms with Crippen molar-refractivity contribution in [3.63, 3.8) is 0 Å². The third-order valence-electron chi connectivity index (χ3n) is 2.17. The molecule has 1 N–H and O–H groups in total. The fraction of sp³-hybridized carbons (Fsp3) is 0.100. The highest BCUT2D eigenvalue weighted by Crippen LogP contribution is 2.25. The molecule has 1 aromatic carbocycles. The summed E-state index contributed by atoms with van der Waals surface area (Å²) in [7, 11) is 0. The molecule has 0 unspecified atom stereocenters. The van der Waals surface area contributed by atoms with Crippen LogP contribution in [0.5, 0.6) is 0 Å². The summed E-state index contributed by atoms with van der Waals surface area (Å²) in [6.07, 6.45) is 1.62. The molecule has 4 heteroatoms. The fourth-order valence-electron chi connectivity index (χ4n) is 1.45. The standard InChI is InChI=1S/C10H9N2O2/c1-7-5-6-11-10-8(7)3-2-4-9(10)12(13)14/h2-6,13H,1H3/q-1. The number of pyridine rings is 1. The zero-order valence-electron chi connectivity index (χ0n) is 7.64. The molecule has 0 fully saturated rings. The molecule has 0 saturated carbocycles. The zero-order chi connectivity index (χ0) is 10.1. The largest absolute Gasteiger partial charge is 0.733 e. The van der Waals surface area contributed by atoms with Crippen molar-refractivity contribution in [2.45, 2.75) is 6.92 Å². The van der Waals surface area contributed by atoms with Crippen molar-refractivity contribution in [1.29, 1.82) is 0 Å². The number of hydrogen-bond donors (Lipinski definition) is 1. The number of hydrogen-bond acceptors (Lipinski definition) is 4. The van der Waals surface area contributed by atoms with E-state index >= 15 is 0 Å². The molecule has 1 heterocycles. The van der Waals surface area contributed by atoms with Crippen molar-refractivity contribution in [1.82, 2.24) is 4.98 Å². The van der Waals surface area contributed by atoms with Crippen molar-refractivity contribution in [2.75, 3.05) is 5.23 Å². The molecule has 0 atom stereocenters. The van der Waals surface area contributed by atoms with Crippen LogP contribution in [-0.4, -0.2) is 10.2 Å². The molecule has 0 bridgehead atoms.